The number of rotatable bonds is 8. The van der Waals surface area contributed by atoms with Gasteiger partial charge >= 0.3 is 12.0 Å². The number of carbonyl (C=O) groups is 5. The molecule has 0 bridgehead atoms. The van der Waals surface area contributed by atoms with Crippen LogP contribution in [0.15, 0.2) is 46.8 Å². The second-order valence-electron chi connectivity index (χ2n) is 8.92. The summed E-state index contributed by atoms with van der Waals surface area (Å²) in [7, 11) is 1.67. The molecule has 14 nitrogen and oxygen atoms in total. The molecule has 5 amide bonds. The smallest absolute Gasteiger partial charge is 0.352 e. The lowest BCUT2D eigenvalue weighted by Gasteiger charge is -2.49. The summed E-state index contributed by atoms with van der Waals surface area (Å²) in [6.07, 6.45) is 0. The van der Waals surface area contributed by atoms with Crippen molar-refractivity contribution < 1.29 is 29.1 Å². The van der Waals surface area contributed by atoms with E-state index >= 15 is 0 Å². The van der Waals surface area contributed by atoms with Crippen LogP contribution in [-0.4, -0.2) is 106 Å². The van der Waals surface area contributed by atoms with Gasteiger partial charge in [-0.3, -0.25) is 24.2 Å². The molecule has 1 unspecified atom stereocenters. The molecule has 3 aliphatic heterocycles. The van der Waals surface area contributed by atoms with Crippen molar-refractivity contribution in [3.8, 4) is 0 Å². The van der Waals surface area contributed by atoms with Crippen LogP contribution in [0.5, 0.6) is 0 Å². The minimum Gasteiger partial charge on any atom is -0.477 e. The lowest BCUT2D eigenvalue weighted by molar-refractivity contribution is -0.151. The number of carboxylic acid groups (broad SMARTS) is 1. The number of amides is 5. The molecule has 3 atom stereocenters. The number of nitrogens with one attached hydrogen (secondary N) is 2. The maximum Gasteiger partial charge on any atom is 0.352 e. The van der Waals surface area contributed by atoms with Crippen molar-refractivity contribution in [3.05, 3.63) is 47.2 Å². The van der Waals surface area contributed by atoms with E-state index in [2.05, 4.69) is 26.2 Å². The van der Waals surface area contributed by atoms with Gasteiger partial charge in [0.25, 0.3) is 5.91 Å². The fraction of sp³-hybridized carbons (Fsp3) is 0.391. The first-order chi connectivity index (χ1) is 19.3. The number of β-lactam (4-membered cyclic amide) rings is 1. The Bertz CT molecular complexity index is 1390. The Kier molecular flexibility index (Phi) is 8.32. The number of hydrogen-bond acceptors (Lipinski definition) is 11. The SMILES string of the molecule is Cn1nnnc1SCC1=C(C(=O)O)N2C(=O)C(NC(=O)[C@H](NC(=O)N3CCSCC3=O)c3ccccc3)[C@H]2SC1. The van der Waals surface area contributed by atoms with Gasteiger partial charge < -0.3 is 15.7 Å². The number of carboxylic acids is 1. The van der Waals surface area contributed by atoms with Crippen molar-refractivity contribution in [1.82, 2.24) is 40.6 Å². The lowest BCUT2D eigenvalue weighted by atomic mass is 10.0. The largest absolute Gasteiger partial charge is 0.477 e. The highest BCUT2D eigenvalue weighted by atomic mass is 32.2. The zero-order valence-corrected chi connectivity index (χ0v) is 23.5. The molecule has 0 aliphatic carbocycles. The number of fused-ring (bicyclic) bond motifs is 1. The fourth-order valence-electron chi connectivity index (χ4n) is 4.41. The Morgan fingerprint density at radius 1 is 1.20 bits per heavy atom. The number of imide groups is 1. The van der Waals surface area contributed by atoms with Crippen molar-refractivity contribution >= 4 is 65.0 Å². The summed E-state index contributed by atoms with van der Waals surface area (Å²) in [6.45, 7) is 0.228. The molecule has 1 aromatic heterocycles. The van der Waals surface area contributed by atoms with Gasteiger partial charge in [0.2, 0.25) is 17.0 Å². The van der Waals surface area contributed by atoms with E-state index in [0.29, 0.717) is 27.8 Å². The molecule has 210 valence electrons. The first kappa shape index (κ1) is 28.0. The van der Waals surface area contributed by atoms with Crippen LogP contribution in [0.1, 0.15) is 11.6 Å². The van der Waals surface area contributed by atoms with Gasteiger partial charge in [0, 0.05) is 30.9 Å². The van der Waals surface area contributed by atoms with Crippen LogP contribution < -0.4 is 10.6 Å². The third-order valence-electron chi connectivity index (χ3n) is 6.40. The van der Waals surface area contributed by atoms with Crippen molar-refractivity contribution in [2.75, 3.05) is 29.6 Å². The van der Waals surface area contributed by atoms with Gasteiger partial charge in [-0.05, 0) is 21.6 Å². The molecule has 1 aromatic carbocycles. The average molecular weight is 605 g/mol. The van der Waals surface area contributed by atoms with E-state index in [-0.39, 0.29) is 29.7 Å². The van der Waals surface area contributed by atoms with E-state index in [0.717, 1.165) is 4.90 Å². The van der Waals surface area contributed by atoms with Gasteiger partial charge in [-0.2, -0.15) is 11.8 Å². The molecule has 2 aromatic rings. The standard InChI is InChI=1S/C23H24N8O6S3/c1-29-23(26-27-28-29)40-10-13-9-39-20-16(19(34)31(20)17(13)21(35)36)24-18(33)15(12-5-3-2-4-6-12)25-22(37)30-7-8-38-11-14(30)32/h2-6,15-16,20H,7-11H2,1H3,(H,24,33)(H,25,37)(H,35,36)/t15-,16?,20-/m1/s1. The van der Waals surface area contributed by atoms with Crippen LogP contribution in [0.4, 0.5) is 4.79 Å². The number of carbonyl (C=O) groups excluding carboxylic acids is 4. The third-order valence-corrected chi connectivity index (χ3v) is 9.76. The molecular weight excluding hydrogens is 581 g/mol. The summed E-state index contributed by atoms with van der Waals surface area (Å²) in [6, 6.07) is 5.63. The van der Waals surface area contributed by atoms with Crippen LogP contribution in [0.2, 0.25) is 0 Å². The lowest BCUT2D eigenvalue weighted by Crippen LogP contribution is -2.71. The quantitative estimate of drug-likeness (QED) is 0.273. The van der Waals surface area contributed by atoms with E-state index in [1.165, 1.54) is 44.9 Å². The van der Waals surface area contributed by atoms with Crippen LogP contribution in [0.3, 0.4) is 0 Å². The summed E-state index contributed by atoms with van der Waals surface area (Å²) >= 11 is 4.02. The average Bonchev–Trinajstić information content (AvgIpc) is 3.37. The first-order valence-corrected chi connectivity index (χ1v) is 15.2. The molecular formula is C23H24N8O6S3. The summed E-state index contributed by atoms with van der Waals surface area (Å²) in [5.74, 6) is -1.42. The van der Waals surface area contributed by atoms with E-state index in [4.69, 9.17) is 0 Å². The topological polar surface area (TPSA) is 180 Å². The number of thioether (sulfide) groups is 3. The van der Waals surface area contributed by atoms with Crippen LogP contribution in [0.25, 0.3) is 0 Å². The number of benzene rings is 1. The van der Waals surface area contributed by atoms with Crippen molar-refractivity contribution in [3.63, 3.8) is 0 Å². The molecule has 0 radical (unpaired) electrons. The maximum absolute atomic E-state index is 13.4. The van der Waals surface area contributed by atoms with Crippen molar-refractivity contribution in [2.45, 2.75) is 22.6 Å². The molecule has 2 saturated heterocycles. The highest BCUT2D eigenvalue weighted by Gasteiger charge is 2.54. The predicted molar refractivity (Wildman–Crippen MR) is 146 cm³/mol. The summed E-state index contributed by atoms with van der Waals surface area (Å²) in [5.41, 5.74) is 0.894. The molecule has 3 aliphatic rings. The Hall–Kier alpha value is -3.57. The molecule has 0 saturated carbocycles. The molecule has 4 heterocycles. The Balaban J connectivity index is 1.30. The van der Waals surface area contributed by atoms with Gasteiger partial charge in [0.1, 0.15) is 23.2 Å². The zero-order chi connectivity index (χ0) is 28.4. The molecule has 3 N–H and O–H groups in total. The van der Waals surface area contributed by atoms with Crippen molar-refractivity contribution in [2.24, 2.45) is 7.05 Å². The number of aromatic nitrogens is 4. The molecule has 0 spiro atoms. The second kappa shape index (κ2) is 11.9. The number of hydrogen-bond donors (Lipinski definition) is 3. The van der Waals surface area contributed by atoms with Gasteiger partial charge in [-0.1, -0.05) is 42.1 Å². The normalized spacial score (nSPS) is 21.4. The Morgan fingerprint density at radius 2 is 1.98 bits per heavy atom. The minimum absolute atomic E-state index is 0.115. The highest BCUT2D eigenvalue weighted by molar-refractivity contribution is 8.01. The fourth-order valence-corrected chi connectivity index (χ4v) is 7.53. The number of aliphatic carboxylic acids is 1. The van der Waals surface area contributed by atoms with E-state index in [1.807, 2.05) is 0 Å². The monoisotopic (exact) mass is 604 g/mol. The number of aryl methyl sites for hydroxylation is 1. The molecule has 5 rings (SSSR count). The Morgan fingerprint density at radius 3 is 2.65 bits per heavy atom. The molecule has 17 heteroatoms. The van der Waals surface area contributed by atoms with Crippen LogP contribution in [-0.2, 0) is 26.2 Å². The summed E-state index contributed by atoms with van der Waals surface area (Å²) < 4.78 is 1.47. The van der Waals surface area contributed by atoms with Crippen LogP contribution >= 0.6 is 35.3 Å². The van der Waals surface area contributed by atoms with Gasteiger partial charge in [0.15, 0.2) is 0 Å². The minimum atomic E-state index is -1.24. The van der Waals surface area contributed by atoms with Crippen LogP contribution in [0, 0.1) is 0 Å². The summed E-state index contributed by atoms with van der Waals surface area (Å²) in [4.78, 5) is 66.2. The number of tetrazole rings is 1. The molecule has 40 heavy (non-hydrogen) atoms. The zero-order valence-electron chi connectivity index (χ0n) is 21.1. The van der Waals surface area contributed by atoms with Gasteiger partial charge in [0.05, 0.1) is 5.75 Å². The highest BCUT2D eigenvalue weighted by Crippen LogP contribution is 2.41. The third kappa shape index (κ3) is 5.53. The van der Waals surface area contributed by atoms with Crippen molar-refractivity contribution in [1.29, 1.82) is 0 Å². The van der Waals surface area contributed by atoms with Gasteiger partial charge in [-0.15, -0.1) is 16.9 Å². The number of urea groups is 1. The predicted octanol–water partition coefficient (Wildman–Crippen LogP) is 0.0671. The first-order valence-electron chi connectivity index (χ1n) is 12.1. The number of nitrogens with zero attached hydrogens (tertiary/aromatic N) is 6. The Labute approximate surface area is 240 Å². The van der Waals surface area contributed by atoms with E-state index < -0.39 is 41.3 Å². The second-order valence-corrected chi connectivity index (χ2v) is 12.1. The summed E-state index contributed by atoms with van der Waals surface area (Å²) in [5, 5.41) is 26.3. The van der Waals surface area contributed by atoms with E-state index in [1.54, 1.807) is 37.4 Å². The molecule has 2 fully saturated rings. The van der Waals surface area contributed by atoms with E-state index in [9.17, 15) is 29.1 Å². The maximum atomic E-state index is 13.4. The van der Waals surface area contributed by atoms with Gasteiger partial charge in [-0.25, -0.2) is 14.3 Å².